The molecular formula is C14H14BrN. The topological polar surface area (TPSA) is 3.24 Å². The second-order valence-electron chi connectivity index (χ2n) is 4.51. The summed E-state index contributed by atoms with van der Waals surface area (Å²) >= 11 is 3.50. The molecule has 0 spiro atoms. The van der Waals surface area contributed by atoms with E-state index >= 15 is 0 Å². The maximum absolute atomic E-state index is 3.50. The third-order valence-electron chi connectivity index (χ3n) is 3.44. The van der Waals surface area contributed by atoms with Crippen molar-refractivity contribution in [3.63, 3.8) is 0 Å². The van der Waals surface area contributed by atoms with E-state index in [2.05, 4.69) is 64.2 Å². The fourth-order valence-electron chi connectivity index (χ4n) is 2.28. The van der Waals surface area contributed by atoms with E-state index in [1.54, 1.807) is 0 Å². The minimum Gasteiger partial charge on any atom is -0.369 e. The summed E-state index contributed by atoms with van der Waals surface area (Å²) in [6.45, 7) is 3.48. The van der Waals surface area contributed by atoms with Gasteiger partial charge in [-0.3, -0.25) is 0 Å². The van der Waals surface area contributed by atoms with Crippen LogP contribution in [0.3, 0.4) is 0 Å². The lowest BCUT2D eigenvalue weighted by molar-refractivity contribution is 0.481. The second kappa shape index (κ2) is 3.77. The van der Waals surface area contributed by atoms with Crippen LogP contribution in [-0.4, -0.2) is 12.6 Å². The van der Waals surface area contributed by atoms with E-state index < -0.39 is 0 Å². The maximum atomic E-state index is 3.50. The predicted octanol–water partition coefficient (Wildman–Crippen LogP) is 4.20. The van der Waals surface area contributed by atoms with Gasteiger partial charge in [0.1, 0.15) is 0 Å². The first-order valence-electron chi connectivity index (χ1n) is 5.70. The molecule has 1 nitrogen and oxygen atoms in total. The summed E-state index contributed by atoms with van der Waals surface area (Å²) in [6, 6.07) is 13.9. The summed E-state index contributed by atoms with van der Waals surface area (Å²) in [5.41, 5.74) is 1.36. The molecule has 0 aromatic heterocycles. The number of fused-ring (bicyclic) bond motifs is 1. The Hall–Kier alpha value is -1.02. The van der Waals surface area contributed by atoms with Crippen molar-refractivity contribution < 1.29 is 0 Å². The normalized spacial score (nSPS) is 19.9. The quantitative estimate of drug-likeness (QED) is 0.754. The Bertz CT molecular complexity index is 535. The summed E-state index contributed by atoms with van der Waals surface area (Å²) in [7, 11) is 0. The van der Waals surface area contributed by atoms with Gasteiger partial charge in [0.15, 0.2) is 0 Å². The first kappa shape index (κ1) is 10.2. The van der Waals surface area contributed by atoms with E-state index in [9.17, 15) is 0 Å². The highest BCUT2D eigenvalue weighted by molar-refractivity contribution is 9.10. The fourth-order valence-corrected chi connectivity index (χ4v) is 2.66. The fraction of sp³-hybridized carbons (Fsp3) is 0.286. The van der Waals surface area contributed by atoms with Gasteiger partial charge in [0.05, 0.1) is 0 Å². The summed E-state index contributed by atoms with van der Waals surface area (Å²) < 4.78 is 1.14. The zero-order valence-corrected chi connectivity index (χ0v) is 10.9. The average molecular weight is 276 g/mol. The van der Waals surface area contributed by atoms with Gasteiger partial charge in [0.2, 0.25) is 0 Å². The van der Waals surface area contributed by atoms with Crippen molar-refractivity contribution in [1.82, 2.24) is 0 Å². The number of nitrogens with zero attached hydrogens (tertiary/aromatic N) is 1. The molecule has 0 saturated carbocycles. The van der Waals surface area contributed by atoms with Gasteiger partial charge in [0, 0.05) is 22.7 Å². The van der Waals surface area contributed by atoms with Gasteiger partial charge in [-0.2, -0.15) is 0 Å². The van der Waals surface area contributed by atoms with Crippen molar-refractivity contribution in [3.05, 3.63) is 40.9 Å². The third kappa shape index (κ3) is 1.61. The molecule has 1 atom stereocenters. The summed E-state index contributed by atoms with van der Waals surface area (Å²) in [5, 5.41) is 2.62. The van der Waals surface area contributed by atoms with Crippen LogP contribution >= 0.6 is 15.9 Å². The molecule has 0 amide bonds. The lowest BCUT2D eigenvalue weighted by Crippen LogP contribution is -2.45. The van der Waals surface area contributed by atoms with Gasteiger partial charge < -0.3 is 4.90 Å². The van der Waals surface area contributed by atoms with Crippen LogP contribution < -0.4 is 4.90 Å². The zero-order chi connectivity index (χ0) is 11.1. The highest BCUT2D eigenvalue weighted by Gasteiger charge is 2.23. The standard InChI is InChI=1S/C14H14BrN/c1-10-6-7-16(10)14-5-3-11-8-13(15)4-2-12(11)9-14/h2-5,8-10H,6-7H2,1H3. The predicted molar refractivity (Wildman–Crippen MR) is 73.1 cm³/mol. The number of halogens is 1. The van der Waals surface area contributed by atoms with Crippen LogP contribution in [0.2, 0.25) is 0 Å². The van der Waals surface area contributed by atoms with Crippen LogP contribution in [0.4, 0.5) is 5.69 Å². The van der Waals surface area contributed by atoms with E-state index in [0.29, 0.717) is 6.04 Å². The van der Waals surface area contributed by atoms with Crippen LogP contribution in [0.1, 0.15) is 13.3 Å². The molecule has 1 aliphatic rings. The second-order valence-corrected chi connectivity index (χ2v) is 5.42. The molecule has 16 heavy (non-hydrogen) atoms. The first-order valence-corrected chi connectivity index (χ1v) is 6.49. The van der Waals surface area contributed by atoms with Crippen molar-refractivity contribution >= 4 is 32.4 Å². The smallest absolute Gasteiger partial charge is 0.0375 e. The summed E-state index contributed by atoms with van der Waals surface area (Å²) in [6.07, 6.45) is 1.32. The van der Waals surface area contributed by atoms with Crippen LogP contribution in [0.5, 0.6) is 0 Å². The monoisotopic (exact) mass is 275 g/mol. The van der Waals surface area contributed by atoms with E-state index in [1.807, 2.05) is 0 Å². The van der Waals surface area contributed by atoms with Crippen molar-refractivity contribution in [3.8, 4) is 0 Å². The molecule has 2 aromatic rings. The van der Waals surface area contributed by atoms with Gasteiger partial charge in [-0.05, 0) is 48.4 Å². The lowest BCUT2D eigenvalue weighted by atomic mass is 10.0. The molecule has 0 N–H and O–H groups in total. The molecule has 82 valence electrons. The van der Waals surface area contributed by atoms with Gasteiger partial charge >= 0.3 is 0 Å². The van der Waals surface area contributed by atoms with Crippen molar-refractivity contribution in [2.24, 2.45) is 0 Å². The van der Waals surface area contributed by atoms with Crippen LogP contribution in [-0.2, 0) is 0 Å². The largest absolute Gasteiger partial charge is 0.369 e. The van der Waals surface area contributed by atoms with Crippen molar-refractivity contribution in [2.75, 3.05) is 11.4 Å². The molecule has 1 unspecified atom stereocenters. The molecule has 1 fully saturated rings. The molecule has 2 aromatic carbocycles. The Morgan fingerprint density at radius 2 is 1.88 bits per heavy atom. The Morgan fingerprint density at radius 3 is 2.56 bits per heavy atom. The number of anilines is 1. The molecule has 3 rings (SSSR count). The van der Waals surface area contributed by atoms with Crippen LogP contribution in [0.15, 0.2) is 40.9 Å². The molecular weight excluding hydrogens is 262 g/mol. The Morgan fingerprint density at radius 1 is 1.12 bits per heavy atom. The first-order chi connectivity index (χ1) is 7.74. The number of benzene rings is 2. The summed E-state index contributed by atoms with van der Waals surface area (Å²) in [4.78, 5) is 2.46. The van der Waals surface area contributed by atoms with Gasteiger partial charge in [-0.15, -0.1) is 0 Å². The minimum absolute atomic E-state index is 0.702. The van der Waals surface area contributed by atoms with Gasteiger partial charge in [-0.25, -0.2) is 0 Å². The van der Waals surface area contributed by atoms with Gasteiger partial charge in [-0.1, -0.05) is 28.1 Å². The summed E-state index contributed by atoms with van der Waals surface area (Å²) in [5.74, 6) is 0. The third-order valence-corrected chi connectivity index (χ3v) is 3.93. The molecule has 0 radical (unpaired) electrons. The molecule has 1 saturated heterocycles. The van der Waals surface area contributed by atoms with Gasteiger partial charge in [0.25, 0.3) is 0 Å². The number of rotatable bonds is 1. The Balaban J connectivity index is 2.06. The van der Waals surface area contributed by atoms with Crippen LogP contribution in [0, 0.1) is 0 Å². The highest BCUT2D eigenvalue weighted by Crippen LogP contribution is 2.30. The molecule has 2 heteroatoms. The van der Waals surface area contributed by atoms with E-state index in [4.69, 9.17) is 0 Å². The minimum atomic E-state index is 0.702. The van der Waals surface area contributed by atoms with E-state index in [0.717, 1.165) is 4.47 Å². The maximum Gasteiger partial charge on any atom is 0.0375 e. The van der Waals surface area contributed by atoms with Crippen LogP contribution in [0.25, 0.3) is 10.8 Å². The van der Waals surface area contributed by atoms with E-state index in [1.165, 1.54) is 29.4 Å². The Labute approximate surface area is 104 Å². The lowest BCUT2D eigenvalue weighted by Gasteiger charge is -2.40. The molecule has 1 heterocycles. The zero-order valence-electron chi connectivity index (χ0n) is 9.28. The average Bonchev–Trinajstić information content (AvgIpc) is 2.27. The molecule has 0 aliphatic carbocycles. The molecule has 0 bridgehead atoms. The molecule has 1 aliphatic heterocycles. The number of hydrogen-bond acceptors (Lipinski definition) is 1. The van der Waals surface area contributed by atoms with E-state index in [-0.39, 0.29) is 0 Å². The van der Waals surface area contributed by atoms with Crippen molar-refractivity contribution in [2.45, 2.75) is 19.4 Å². The van der Waals surface area contributed by atoms with Crippen molar-refractivity contribution in [1.29, 1.82) is 0 Å². The Kier molecular flexibility index (Phi) is 2.40. The number of hydrogen-bond donors (Lipinski definition) is 0. The SMILES string of the molecule is CC1CCN1c1ccc2cc(Br)ccc2c1. The highest BCUT2D eigenvalue weighted by atomic mass is 79.9.